The molecule has 0 bridgehead atoms. The minimum atomic E-state index is -1.11. The number of carbonyl (C=O) groups excluding carboxylic acids is 2. The van der Waals surface area contributed by atoms with E-state index < -0.39 is 11.6 Å². The minimum Gasteiger partial charge on any atom is -0.492 e. The second kappa shape index (κ2) is 13.4. The van der Waals surface area contributed by atoms with Crippen LogP contribution in [0.3, 0.4) is 0 Å². The number of hydrogen-bond acceptors (Lipinski definition) is 6. The van der Waals surface area contributed by atoms with Gasteiger partial charge in [-0.3, -0.25) is 24.3 Å². The smallest absolute Gasteiger partial charge is 0.412 e. The maximum absolute atomic E-state index is 14.0. The number of hydrogen-bond donors (Lipinski definition) is 2. The number of nitrogens with zero attached hydrogens (tertiary/aromatic N) is 5. The van der Waals surface area contributed by atoms with E-state index in [1.54, 1.807) is 0 Å². The molecular weight excluding hydrogens is 608 g/mol. The van der Waals surface area contributed by atoms with Crippen LogP contribution in [-0.2, 0) is 23.8 Å². The molecule has 5 rings (SSSR count). The van der Waals surface area contributed by atoms with Gasteiger partial charge in [-0.2, -0.15) is 0 Å². The number of methoxy groups -OCH3 is 1. The summed E-state index contributed by atoms with van der Waals surface area (Å²) < 4.78 is 7.72. The predicted octanol–water partition coefficient (Wildman–Crippen LogP) is 5.76. The Kier molecular flexibility index (Phi) is 9.86. The molecule has 0 radical (unpaired) electrons. The normalized spacial score (nSPS) is 17.9. The van der Waals surface area contributed by atoms with Crippen LogP contribution in [0.2, 0.25) is 0 Å². The predicted molar refractivity (Wildman–Crippen MR) is 190 cm³/mol. The third kappa shape index (κ3) is 7.03. The van der Waals surface area contributed by atoms with Crippen LogP contribution in [0, 0.1) is 0 Å². The highest BCUT2D eigenvalue weighted by atomic mass is 16.5. The number of piperazine rings is 1. The Morgan fingerprint density at radius 2 is 1.67 bits per heavy atom. The largest absolute Gasteiger partial charge is 0.492 e. The van der Waals surface area contributed by atoms with Crippen molar-refractivity contribution in [3.63, 3.8) is 0 Å². The fourth-order valence-corrected chi connectivity index (χ4v) is 7.10. The third-order valence-corrected chi connectivity index (χ3v) is 9.75. The Morgan fingerprint density at radius 1 is 0.979 bits per heavy atom. The molecule has 11 nitrogen and oxygen atoms in total. The van der Waals surface area contributed by atoms with Crippen LogP contribution < -0.4 is 15.0 Å². The molecule has 3 amide bonds. The van der Waals surface area contributed by atoms with Crippen LogP contribution in [0.4, 0.5) is 16.2 Å². The van der Waals surface area contributed by atoms with E-state index in [9.17, 15) is 19.5 Å². The number of likely N-dealkylation sites (tertiary alicyclic amines) is 1. The fourth-order valence-electron chi connectivity index (χ4n) is 7.10. The first-order valence-electron chi connectivity index (χ1n) is 16.9. The van der Waals surface area contributed by atoms with Crippen molar-refractivity contribution in [3.8, 4) is 5.75 Å². The van der Waals surface area contributed by atoms with Crippen molar-refractivity contribution >= 4 is 40.2 Å². The minimum absolute atomic E-state index is 0.00956. The van der Waals surface area contributed by atoms with Crippen molar-refractivity contribution in [2.75, 3.05) is 57.1 Å². The van der Waals surface area contributed by atoms with Crippen molar-refractivity contribution in [1.29, 1.82) is 0 Å². The molecule has 48 heavy (non-hydrogen) atoms. The highest BCUT2D eigenvalue weighted by Gasteiger charge is 2.35. The summed E-state index contributed by atoms with van der Waals surface area (Å²) >= 11 is 0. The number of carbonyl (C=O) groups is 3. The molecule has 1 atom stereocenters. The average molecular weight is 661 g/mol. The van der Waals surface area contributed by atoms with Crippen molar-refractivity contribution in [2.45, 2.75) is 77.9 Å². The van der Waals surface area contributed by atoms with E-state index >= 15 is 0 Å². The number of ether oxygens (including phenoxy) is 1. The summed E-state index contributed by atoms with van der Waals surface area (Å²) in [7, 11) is 5.42. The van der Waals surface area contributed by atoms with Crippen LogP contribution in [0.5, 0.6) is 5.75 Å². The van der Waals surface area contributed by atoms with Gasteiger partial charge in [0, 0.05) is 50.7 Å². The number of likely N-dealkylation sites (N-methyl/N-ethyl adjacent to an activating group) is 1. The van der Waals surface area contributed by atoms with Crippen LogP contribution in [0.1, 0.15) is 76.0 Å². The summed E-state index contributed by atoms with van der Waals surface area (Å²) in [5.41, 5.74) is 3.11. The zero-order valence-corrected chi connectivity index (χ0v) is 30.0. The number of aromatic nitrogens is 1. The van der Waals surface area contributed by atoms with E-state index in [0.29, 0.717) is 36.7 Å². The highest BCUT2D eigenvalue weighted by molar-refractivity contribution is 6.08. The lowest BCUT2D eigenvalue weighted by molar-refractivity contribution is -0.137. The van der Waals surface area contributed by atoms with Gasteiger partial charge in [0.15, 0.2) is 5.75 Å². The zero-order valence-electron chi connectivity index (χ0n) is 30.0. The highest BCUT2D eigenvalue weighted by Crippen LogP contribution is 2.43. The van der Waals surface area contributed by atoms with Gasteiger partial charge in [-0.05, 0) is 81.9 Å². The molecule has 2 saturated heterocycles. The lowest BCUT2D eigenvalue weighted by atomic mass is 9.86. The van der Waals surface area contributed by atoms with E-state index in [-0.39, 0.29) is 29.0 Å². The molecule has 1 aromatic heterocycles. The SMILES string of the molecule is COc1c(NC(=O)c2cc3cccc(CN4CCN(C(=O)[C@@H]5CCCN5C)CC4)c3n2C)cc(C(C)(C)C)cc1N(C(=O)O)C(C)(C)C. The molecule has 260 valence electrons. The summed E-state index contributed by atoms with van der Waals surface area (Å²) in [5, 5.41) is 14.3. The lowest BCUT2D eigenvalue weighted by Crippen LogP contribution is -2.52. The Labute approximate surface area is 284 Å². The molecule has 0 spiro atoms. The van der Waals surface area contributed by atoms with E-state index in [1.165, 1.54) is 12.0 Å². The van der Waals surface area contributed by atoms with Crippen LogP contribution in [0.25, 0.3) is 10.9 Å². The van der Waals surface area contributed by atoms with Crippen LogP contribution in [-0.4, -0.2) is 101 Å². The van der Waals surface area contributed by atoms with E-state index in [1.807, 2.05) is 95.4 Å². The molecule has 3 aromatic rings. The first kappa shape index (κ1) is 35.2. The van der Waals surface area contributed by atoms with Gasteiger partial charge in [0.05, 0.1) is 30.0 Å². The molecule has 0 saturated carbocycles. The molecule has 2 aliphatic heterocycles. The standard InChI is InChI=1S/C37H52N6O5/c1-36(2,3)26-21-27(32(48-9)29(22-26)43(35(46)47)37(4,5)6)38-33(44)30-20-24-12-10-13-25(31(24)40(30)8)23-41-16-18-42(19-17-41)34(45)28-14-11-15-39(28)7/h10,12-13,20-22,28H,11,14-19,23H2,1-9H3,(H,38,44)(H,46,47)/t28-/m0/s1. The number of aryl methyl sites for hydroxylation is 1. The maximum Gasteiger partial charge on any atom is 0.412 e. The van der Waals surface area contributed by atoms with Crippen molar-refractivity contribution < 1.29 is 24.2 Å². The van der Waals surface area contributed by atoms with Gasteiger partial charge in [-0.15, -0.1) is 0 Å². The van der Waals surface area contributed by atoms with Gasteiger partial charge in [-0.1, -0.05) is 39.0 Å². The van der Waals surface area contributed by atoms with Gasteiger partial charge in [0.2, 0.25) is 5.91 Å². The summed E-state index contributed by atoms with van der Waals surface area (Å²) in [6.07, 6.45) is 0.903. The first-order chi connectivity index (χ1) is 22.5. The molecule has 0 unspecified atom stereocenters. The number of nitrogens with one attached hydrogen (secondary N) is 1. The van der Waals surface area contributed by atoms with Gasteiger partial charge in [-0.25, -0.2) is 4.79 Å². The maximum atomic E-state index is 14.0. The van der Waals surface area contributed by atoms with Crippen LogP contribution >= 0.6 is 0 Å². The Balaban J connectivity index is 1.40. The molecular formula is C37H52N6O5. The van der Waals surface area contributed by atoms with Gasteiger partial charge in [0.25, 0.3) is 5.91 Å². The molecule has 11 heteroatoms. The molecule has 2 aliphatic rings. The first-order valence-corrected chi connectivity index (χ1v) is 16.9. The molecule has 2 aromatic carbocycles. The summed E-state index contributed by atoms with van der Waals surface area (Å²) in [6.45, 7) is 16.3. The second-order valence-electron chi connectivity index (χ2n) is 15.3. The van der Waals surface area contributed by atoms with Gasteiger partial charge >= 0.3 is 6.09 Å². The molecule has 2 fully saturated rings. The molecule has 3 heterocycles. The van der Waals surface area contributed by atoms with Gasteiger partial charge in [0.1, 0.15) is 5.69 Å². The lowest BCUT2D eigenvalue weighted by Gasteiger charge is -2.37. The van der Waals surface area contributed by atoms with Crippen molar-refractivity contribution in [2.24, 2.45) is 7.05 Å². The number of anilines is 2. The number of rotatable bonds is 7. The third-order valence-electron chi connectivity index (χ3n) is 9.75. The number of benzene rings is 2. The summed E-state index contributed by atoms with van der Waals surface area (Å²) in [6, 6.07) is 11.7. The topological polar surface area (TPSA) is 111 Å². The summed E-state index contributed by atoms with van der Waals surface area (Å²) in [4.78, 5) is 47.5. The van der Waals surface area contributed by atoms with Gasteiger partial charge < -0.3 is 24.6 Å². The molecule has 2 N–H and O–H groups in total. The monoisotopic (exact) mass is 660 g/mol. The Bertz CT molecular complexity index is 1690. The Hall–Kier alpha value is -4.09. The number of para-hydroxylation sites is 1. The van der Waals surface area contributed by atoms with E-state index in [0.717, 1.165) is 54.5 Å². The summed E-state index contributed by atoms with van der Waals surface area (Å²) in [5.74, 6) is 0.211. The van der Waals surface area contributed by atoms with Crippen molar-refractivity contribution in [3.05, 3.63) is 53.2 Å². The van der Waals surface area contributed by atoms with E-state index in [4.69, 9.17) is 4.74 Å². The Morgan fingerprint density at radius 3 is 2.23 bits per heavy atom. The second-order valence-corrected chi connectivity index (χ2v) is 15.3. The van der Waals surface area contributed by atoms with E-state index in [2.05, 4.69) is 21.2 Å². The average Bonchev–Trinajstić information content (AvgIpc) is 3.59. The molecule has 0 aliphatic carbocycles. The fraction of sp³-hybridized carbons (Fsp3) is 0.541. The van der Waals surface area contributed by atoms with Crippen LogP contribution in [0.15, 0.2) is 36.4 Å². The van der Waals surface area contributed by atoms with Crippen molar-refractivity contribution in [1.82, 2.24) is 19.3 Å². The number of carboxylic acid groups (broad SMARTS) is 1. The zero-order chi connectivity index (χ0) is 35.1. The number of fused-ring (bicyclic) bond motifs is 1. The quantitative estimate of drug-likeness (QED) is 0.332. The number of amides is 3.